The lowest BCUT2D eigenvalue weighted by atomic mass is 10.1. The fourth-order valence-electron chi connectivity index (χ4n) is 2.52. The number of hydrogen-bond acceptors (Lipinski definition) is 4. The van der Waals surface area contributed by atoms with E-state index in [1.54, 1.807) is 29.7 Å². The van der Waals surface area contributed by atoms with Crippen LogP contribution in [0.25, 0.3) is 10.9 Å². The summed E-state index contributed by atoms with van der Waals surface area (Å²) < 4.78 is 6.48. The third-order valence-electron chi connectivity index (χ3n) is 3.76. The van der Waals surface area contributed by atoms with Crippen LogP contribution in [0.5, 0.6) is 5.75 Å². The van der Waals surface area contributed by atoms with Gasteiger partial charge in [0.15, 0.2) is 5.56 Å². The van der Waals surface area contributed by atoms with Crippen molar-refractivity contribution in [1.82, 2.24) is 4.57 Å². The van der Waals surface area contributed by atoms with Crippen molar-refractivity contribution in [2.24, 2.45) is 5.92 Å². The molecular formula is C16H17NO4. The van der Waals surface area contributed by atoms with Crippen molar-refractivity contribution in [3.63, 3.8) is 0 Å². The first-order valence-electron chi connectivity index (χ1n) is 7.15. The molecule has 0 amide bonds. The molecule has 1 aromatic carbocycles. The van der Waals surface area contributed by atoms with E-state index < -0.39 is 11.5 Å². The summed E-state index contributed by atoms with van der Waals surface area (Å²) in [6.45, 7) is 2.40. The number of fused-ring (bicyclic) bond motifs is 1. The second-order valence-corrected chi connectivity index (χ2v) is 5.32. The number of pyridine rings is 1. The molecule has 5 nitrogen and oxygen atoms in total. The van der Waals surface area contributed by atoms with E-state index in [4.69, 9.17) is 4.74 Å². The third kappa shape index (κ3) is 2.39. The maximum Gasteiger partial charge on any atom is 0.347 e. The van der Waals surface area contributed by atoms with Gasteiger partial charge in [0.2, 0.25) is 0 Å². The predicted octanol–water partition coefficient (Wildman–Crippen LogP) is 2.29. The number of ether oxygens (including phenoxy) is 1. The van der Waals surface area contributed by atoms with Gasteiger partial charge < -0.3 is 14.4 Å². The van der Waals surface area contributed by atoms with Crippen LogP contribution in [-0.4, -0.2) is 22.2 Å². The minimum absolute atomic E-state index is 0.160. The van der Waals surface area contributed by atoms with Crippen LogP contribution >= 0.6 is 0 Å². The average Bonchev–Trinajstić information content (AvgIpc) is 3.28. The number of aromatic hydroxyl groups is 1. The van der Waals surface area contributed by atoms with Crippen LogP contribution in [0.2, 0.25) is 0 Å². The molecule has 1 N–H and O–H groups in total. The van der Waals surface area contributed by atoms with Gasteiger partial charge in [0.1, 0.15) is 5.75 Å². The van der Waals surface area contributed by atoms with Crippen molar-refractivity contribution >= 4 is 16.9 Å². The second kappa shape index (κ2) is 5.24. The first kappa shape index (κ1) is 13.7. The molecule has 1 aliphatic carbocycles. The number of benzene rings is 1. The van der Waals surface area contributed by atoms with Crippen LogP contribution in [0, 0.1) is 5.92 Å². The number of aromatic nitrogens is 1. The van der Waals surface area contributed by atoms with Gasteiger partial charge in [0.05, 0.1) is 12.1 Å². The Morgan fingerprint density at radius 2 is 2.10 bits per heavy atom. The standard InChI is InChI=1S/C16H17NO4/c1-2-21-16(20)13-14(18)11-5-3-4-6-12(11)17(15(13)19)9-10-7-8-10/h3-6,10,18H,2,7-9H2,1H3. The molecule has 1 fully saturated rings. The summed E-state index contributed by atoms with van der Waals surface area (Å²) >= 11 is 0. The van der Waals surface area contributed by atoms with Gasteiger partial charge in [-0.1, -0.05) is 12.1 Å². The van der Waals surface area contributed by atoms with Crippen LogP contribution in [-0.2, 0) is 11.3 Å². The lowest BCUT2D eigenvalue weighted by Crippen LogP contribution is -2.28. The zero-order valence-corrected chi connectivity index (χ0v) is 11.8. The van der Waals surface area contributed by atoms with E-state index in [-0.39, 0.29) is 17.9 Å². The molecule has 5 heteroatoms. The summed E-state index contributed by atoms with van der Waals surface area (Å²) in [6.07, 6.45) is 2.19. The quantitative estimate of drug-likeness (QED) is 0.876. The molecule has 0 saturated heterocycles. The summed E-state index contributed by atoms with van der Waals surface area (Å²) in [5, 5.41) is 10.8. The van der Waals surface area contributed by atoms with E-state index >= 15 is 0 Å². The zero-order valence-electron chi connectivity index (χ0n) is 11.8. The van der Waals surface area contributed by atoms with Crippen molar-refractivity contribution < 1.29 is 14.6 Å². The third-order valence-corrected chi connectivity index (χ3v) is 3.76. The maximum atomic E-state index is 12.6. The number of hydrogen-bond donors (Lipinski definition) is 1. The Morgan fingerprint density at radius 1 is 1.38 bits per heavy atom. The topological polar surface area (TPSA) is 68.5 Å². The highest BCUT2D eigenvalue weighted by Gasteiger charge is 2.27. The molecule has 21 heavy (non-hydrogen) atoms. The van der Waals surface area contributed by atoms with E-state index in [0.717, 1.165) is 12.8 Å². The first-order chi connectivity index (χ1) is 10.1. The minimum Gasteiger partial charge on any atom is -0.506 e. The highest BCUT2D eigenvalue weighted by Crippen LogP contribution is 2.33. The second-order valence-electron chi connectivity index (χ2n) is 5.32. The molecule has 0 radical (unpaired) electrons. The largest absolute Gasteiger partial charge is 0.506 e. The van der Waals surface area contributed by atoms with E-state index in [1.165, 1.54) is 0 Å². The summed E-state index contributed by atoms with van der Waals surface area (Å²) in [5.74, 6) is -0.581. The Balaban J connectivity index is 2.27. The van der Waals surface area contributed by atoms with Gasteiger partial charge >= 0.3 is 5.97 Å². The fraction of sp³-hybridized carbons (Fsp3) is 0.375. The number of nitrogens with zero attached hydrogens (tertiary/aromatic N) is 1. The number of esters is 1. The monoisotopic (exact) mass is 287 g/mol. The smallest absolute Gasteiger partial charge is 0.347 e. The molecule has 0 bridgehead atoms. The van der Waals surface area contributed by atoms with Crippen molar-refractivity contribution in [3.8, 4) is 5.75 Å². The van der Waals surface area contributed by atoms with Crippen LogP contribution in [0.4, 0.5) is 0 Å². The van der Waals surface area contributed by atoms with Gasteiger partial charge in [-0.15, -0.1) is 0 Å². The van der Waals surface area contributed by atoms with Gasteiger partial charge in [0.25, 0.3) is 5.56 Å². The number of carbonyl (C=O) groups is 1. The van der Waals surface area contributed by atoms with E-state index in [0.29, 0.717) is 23.4 Å². The summed E-state index contributed by atoms with van der Waals surface area (Å²) in [4.78, 5) is 24.6. The molecule has 3 rings (SSSR count). The van der Waals surface area contributed by atoms with Crippen molar-refractivity contribution in [3.05, 3.63) is 40.2 Å². The highest BCUT2D eigenvalue weighted by atomic mass is 16.5. The molecule has 0 aliphatic heterocycles. The van der Waals surface area contributed by atoms with Crippen LogP contribution in [0.1, 0.15) is 30.1 Å². The van der Waals surface area contributed by atoms with Crippen LogP contribution < -0.4 is 5.56 Å². The first-order valence-corrected chi connectivity index (χ1v) is 7.15. The summed E-state index contributed by atoms with van der Waals surface area (Å²) in [6, 6.07) is 7.07. The molecule has 1 aromatic heterocycles. The van der Waals surface area contributed by atoms with Gasteiger partial charge in [0, 0.05) is 11.9 Å². The van der Waals surface area contributed by atoms with Crippen LogP contribution in [0.15, 0.2) is 29.1 Å². The highest BCUT2D eigenvalue weighted by molar-refractivity contribution is 5.99. The number of carbonyl (C=O) groups excluding carboxylic acids is 1. The van der Waals surface area contributed by atoms with E-state index in [2.05, 4.69) is 0 Å². The maximum absolute atomic E-state index is 12.6. The molecule has 1 heterocycles. The summed E-state index contributed by atoms with van der Waals surface area (Å²) in [5.41, 5.74) is -0.0901. The van der Waals surface area contributed by atoms with E-state index in [1.807, 2.05) is 6.07 Å². The Bertz CT molecular complexity index is 759. The number of rotatable bonds is 4. The van der Waals surface area contributed by atoms with Crippen LogP contribution in [0.3, 0.4) is 0 Å². The molecule has 0 spiro atoms. The molecular weight excluding hydrogens is 270 g/mol. The van der Waals surface area contributed by atoms with Crippen molar-refractivity contribution in [2.75, 3.05) is 6.61 Å². The zero-order chi connectivity index (χ0) is 15.0. The Labute approximate surface area is 121 Å². The summed E-state index contributed by atoms with van der Waals surface area (Å²) in [7, 11) is 0. The molecule has 1 aliphatic rings. The molecule has 1 saturated carbocycles. The van der Waals surface area contributed by atoms with Gasteiger partial charge in [-0.3, -0.25) is 4.79 Å². The van der Waals surface area contributed by atoms with E-state index in [9.17, 15) is 14.7 Å². The fourth-order valence-corrected chi connectivity index (χ4v) is 2.52. The Kier molecular flexibility index (Phi) is 3.41. The SMILES string of the molecule is CCOC(=O)c1c(O)c2ccccc2n(CC2CC2)c1=O. The predicted molar refractivity (Wildman–Crippen MR) is 78.6 cm³/mol. The normalized spacial score (nSPS) is 14.3. The van der Waals surface area contributed by atoms with Gasteiger partial charge in [-0.25, -0.2) is 4.79 Å². The lowest BCUT2D eigenvalue weighted by molar-refractivity contribution is 0.0520. The molecule has 0 atom stereocenters. The Morgan fingerprint density at radius 3 is 2.76 bits per heavy atom. The van der Waals surface area contributed by atoms with Gasteiger partial charge in [-0.05, 0) is 37.8 Å². The average molecular weight is 287 g/mol. The van der Waals surface area contributed by atoms with Crippen molar-refractivity contribution in [1.29, 1.82) is 0 Å². The lowest BCUT2D eigenvalue weighted by Gasteiger charge is -2.14. The minimum atomic E-state index is -0.768. The number of para-hydroxylation sites is 1. The molecule has 0 unspecified atom stereocenters. The molecule has 2 aromatic rings. The van der Waals surface area contributed by atoms with Gasteiger partial charge in [-0.2, -0.15) is 0 Å². The molecule has 110 valence electrons. The Hall–Kier alpha value is -2.30. The van der Waals surface area contributed by atoms with Crippen molar-refractivity contribution in [2.45, 2.75) is 26.3 Å².